The molecule has 2 atom stereocenters. The van der Waals surface area contributed by atoms with Crippen LogP contribution in [0.1, 0.15) is 5.56 Å². The Labute approximate surface area is 103 Å². The van der Waals surface area contributed by atoms with Gasteiger partial charge in [0.15, 0.2) is 0 Å². The predicted molar refractivity (Wildman–Crippen MR) is 65.1 cm³/mol. The van der Waals surface area contributed by atoms with Crippen molar-refractivity contribution < 1.29 is 9.90 Å². The minimum Gasteiger partial charge on any atom is -0.481 e. The van der Waals surface area contributed by atoms with Crippen LogP contribution in [0.2, 0.25) is 4.78 Å². The minimum atomic E-state index is -0.629. The molecule has 3 nitrogen and oxygen atoms in total. The van der Waals surface area contributed by atoms with E-state index in [0.717, 1.165) is 29.4 Å². The number of carboxylic acid groups (broad SMARTS) is 1. The average Bonchev–Trinajstić information content (AvgIpc) is 2.61. The standard InChI is InChI=1S/C12H14NO2.Al.2H/c14-12(15)11-6-7-13(9-11)8-10-4-2-1-3-5-10;;;/h1-6,11H,7-9H2,(H,14,15);;;/t11-;;;/m0.../s1. The zero-order chi connectivity index (χ0) is 11.5. The summed E-state index contributed by atoms with van der Waals surface area (Å²) in [5, 5.41) is 9.06. The van der Waals surface area contributed by atoms with Gasteiger partial charge >= 0.3 is 5.97 Å². The Morgan fingerprint density at radius 2 is 2.06 bits per heavy atom. The van der Waals surface area contributed by atoms with Crippen LogP contribution in [0.3, 0.4) is 0 Å². The van der Waals surface area contributed by atoms with Gasteiger partial charge in [0.05, 0.1) is 5.92 Å². The smallest absolute Gasteiger partial charge is 0.306 e. The van der Waals surface area contributed by atoms with Crippen LogP contribution in [0.25, 0.3) is 0 Å². The number of hydrogen-bond donors (Lipinski definition) is 1. The molecule has 1 aromatic carbocycles. The van der Waals surface area contributed by atoms with Crippen molar-refractivity contribution in [3.05, 3.63) is 35.9 Å². The maximum absolute atomic E-state index is 11.0. The number of carbonyl (C=O) groups is 1. The molecule has 4 heteroatoms. The summed E-state index contributed by atoms with van der Waals surface area (Å²) in [5.41, 5.74) is 1.27. The van der Waals surface area contributed by atoms with Crippen LogP contribution < -0.4 is 0 Å². The second kappa shape index (κ2) is 5.01. The molecule has 1 N–H and O–H groups in total. The molecule has 1 heterocycles. The van der Waals surface area contributed by atoms with Gasteiger partial charge in [0.1, 0.15) is 0 Å². The normalized spacial score (nSPS) is 25.8. The van der Waals surface area contributed by atoms with Crippen molar-refractivity contribution in [1.82, 2.24) is 4.90 Å². The highest BCUT2D eigenvalue weighted by molar-refractivity contribution is 6.13. The van der Waals surface area contributed by atoms with Crippen LogP contribution in [0.15, 0.2) is 30.3 Å². The Morgan fingerprint density at radius 1 is 1.38 bits per heavy atom. The predicted octanol–water partition coefficient (Wildman–Crippen LogP) is 0.625. The monoisotopic (exact) mass is 233 g/mol. The maximum Gasteiger partial charge on any atom is 0.306 e. The van der Waals surface area contributed by atoms with Gasteiger partial charge in [0.2, 0.25) is 16.3 Å². The van der Waals surface area contributed by atoms with Crippen LogP contribution in [-0.4, -0.2) is 45.4 Å². The summed E-state index contributed by atoms with van der Waals surface area (Å²) in [5.74, 6) is -0.772. The highest BCUT2D eigenvalue weighted by atomic mass is 27.0. The molecule has 1 saturated heterocycles. The van der Waals surface area contributed by atoms with E-state index in [1.165, 1.54) is 5.56 Å². The summed E-state index contributed by atoms with van der Waals surface area (Å²) >= 11 is 0.967. The Bertz CT molecular complexity index is 369. The molecule has 84 valence electrons. The van der Waals surface area contributed by atoms with E-state index in [2.05, 4.69) is 17.0 Å². The summed E-state index contributed by atoms with van der Waals surface area (Å²) in [4.78, 5) is 13.3. The molecule has 0 radical (unpaired) electrons. The first-order chi connectivity index (χ1) is 7.66. The fourth-order valence-corrected chi connectivity index (χ4v) is 3.37. The summed E-state index contributed by atoms with van der Waals surface area (Å²) in [6.45, 7) is 2.53. The molecule has 0 bridgehead atoms. The van der Waals surface area contributed by atoms with E-state index < -0.39 is 5.97 Å². The molecule has 1 fully saturated rings. The molecule has 1 aromatic rings. The van der Waals surface area contributed by atoms with Crippen molar-refractivity contribution in [1.29, 1.82) is 0 Å². The van der Waals surface area contributed by atoms with Crippen molar-refractivity contribution >= 4 is 22.3 Å². The fraction of sp³-hybridized carbons (Fsp3) is 0.417. The first-order valence-electron chi connectivity index (χ1n) is 5.66. The van der Waals surface area contributed by atoms with Gasteiger partial charge < -0.3 is 5.11 Å². The molecule has 0 aromatic heterocycles. The van der Waals surface area contributed by atoms with E-state index in [0.29, 0.717) is 11.3 Å². The molecule has 0 amide bonds. The second-order valence-electron chi connectivity index (χ2n) is 4.60. The summed E-state index contributed by atoms with van der Waals surface area (Å²) in [6.07, 6.45) is 0. The average molecular weight is 233 g/mol. The Kier molecular flexibility index (Phi) is 3.65. The molecule has 0 aliphatic carbocycles. The molecular weight excluding hydrogens is 217 g/mol. The number of carboxylic acids is 1. The molecule has 2 rings (SSSR count). The van der Waals surface area contributed by atoms with Gasteiger partial charge in [-0.25, -0.2) is 0 Å². The van der Waals surface area contributed by atoms with Crippen molar-refractivity contribution in [3.63, 3.8) is 0 Å². The quantitative estimate of drug-likeness (QED) is 0.778. The maximum atomic E-state index is 11.0. The lowest BCUT2D eigenvalue weighted by Crippen LogP contribution is -2.22. The van der Waals surface area contributed by atoms with Crippen molar-refractivity contribution in [3.8, 4) is 0 Å². The third-order valence-electron chi connectivity index (χ3n) is 3.25. The number of nitrogens with zero attached hydrogens (tertiary/aromatic N) is 1. The zero-order valence-electron chi connectivity index (χ0n) is 9.47. The molecule has 1 aliphatic rings. The van der Waals surface area contributed by atoms with Crippen LogP contribution in [0.4, 0.5) is 0 Å². The van der Waals surface area contributed by atoms with Gasteiger partial charge in [0, 0.05) is 13.1 Å². The first-order valence-corrected chi connectivity index (χ1v) is 6.81. The second-order valence-corrected chi connectivity index (χ2v) is 6.08. The third-order valence-corrected chi connectivity index (χ3v) is 4.42. The van der Waals surface area contributed by atoms with Crippen molar-refractivity contribution in [2.45, 2.75) is 11.3 Å². The largest absolute Gasteiger partial charge is 0.481 e. The molecule has 0 spiro atoms. The van der Waals surface area contributed by atoms with Crippen LogP contribution in [0.5, 0.6) is 0 Å². The Balaban J connectivity index is 1.96. The highest BCUT2D eigenvalue weighted by Crippen LogP contribution is 2.27. The number of rotatable bonds is 3. The van der Waals surface area contributed by atoms with Gasteiger partial charge in [-0.15, -0.1) is 0 Å². The van der Waals surface area contributed by atoms with Crippen LogP contribution >= 0.6 is 0 Å². The van der Waals surface area contributed by atoms with E-state index in [1.54, 1.807) is 0 Å². The van der Waals surface area contributed by atoms with E-state index in [1.807, 2.05) is 18.2 Å². The summed E-state index contributed by atoms with van der Waals surface area (Å²) in [6, 6.07) is 10.2. The van der Waals surface area contributed by atoms with Crippen molar-refractivity contribution in [2.75, 3.05) is 13.1 Å². The van der Waals surface area contributed by atoms with Gasteiger partial charge in [-0.2, -0.15) is 0 Å². The van der Waals surface area contributed by atoms with Crippen LogP contribution in [-0.2, 0) is 11.3 Å². The number of hydrogen-bond acceptors (Lipinski definition) is 2. The molecule has 0 unspecified atom stereocenters. The van der Waals surface area contributed by atoms with Crippen LogP contribution in [0, 0.1) is 5.92 Å². The number of likely N-dealkylation sites (tertiary alicyclic amines) is 1. The topological polar surface area (TPSA) is 40.5 Å². The lowest BCUT2D eigenvalue weighted by atomic mass is 10.1. The van der Waals surface area contributed by atoms with E-state index in [-0.39, 0.29) is 5.92 Å². The molecule has 1 aliphatic heterocycles. The lowest BCUT2D eigenvalue weighted by Gasteiger charge is -2.15. The van der Waals surface area contributed by atoms with E-state index in [4.69, 9.17) is 5.11 Å². The fourth-order valence-electron chi connectivity index (χ4n) is 2.36. The molecular formula is C12H16AlNO2. The van der Waals surface area contributed by atoms with Gasteiger partial charge in [-0.1, -0.05) is 35.1 Å². The van der Waals surface area contributed by atoms with E-state index in [9.17, 15) is 4.79 Å². The van der Waals surface area contributed by atoms with Gasteiger partial charge in [-0.05, 0) is 12.1 Å². The summed E-state index contributed by atoms with van der Waals surface area (Å²) < 4.78 is 0.390. The van der Waals surface area contributed by atoms with E-state index >= 15 is 0 Å². The van der Waals surface area contributed by atoms with Gasteiger partial charge in [-0.3, -0.25) is 9.69 Å². The summed E-state index contributed by atoms with van der Waals surface area (Å²) in [7, 11) is 0. The lowest BCUT2D eigenvalue weighted by molar-refractivity contribution is -0.141. The Morgan fingerprint density at radius 3 is 2.62 bits per heavy atom. The number of aliphatic carboxylic acids is 1. The highest BCUT2D eigenvalue weighted by Gasteiger charge is 2.33. The van der Waals surface area contributed by atoms with Crippen molar-refractivity contribution in [2.24, 2.45) is 5.92 Å². The Hall–Kier alpha value is -0.818. The zero-order valence-corrected chi connectivity index (χ0v) is 11.5. The first kappa shape index (κ1) is 11.7. The number of benzene rings is 1. The third kappa shape index (κ3) is 2.65. The SMILES string of the molecule is O=C(O)[C@@H]1CN(Cc2ccccc2)C[C@H]1[AlH2]. The van der Waals surface area contributed by atoms with Gasteiger partial charge in [0.25, 0.3) is 0 Å². The molecule has 0 saturated carbocycles. The molecule has 16 heavy (non-hydrogen) atoms. The minimum absolute atomic E-state index is 0.143.